The Morgan fingerprint density at radius 3 is 2.74 bits per heavy atom. The molecule has 1 heterocycles. The van der Waals surface area contributed by atoms with E-state index in [4.69, 9.17) is 5.14 Å². The van der Waals surface area contributed by atoms with E-state index in [2.05, 4.69) is 10.4 Å². The van der Waals surface area contributed by atoms with Crippen LogP contribution in [0.4, 0.5) is 11.4 Å². The molecule has 124 valence electrons. The number of nitrogens with zero attached hydrogens (tertiary/aromatic N) is 3. The Kier molecular flexibility index (Phi) is 4.96. The summed E-state index contributed by atoms with van der Waals surface area (Å²) in [5, 5.41) is 23.2. The van der Waals surface area contributed by atoms with E-state index in [1.54, 1.807) is 10.9 Å². The van der Waals surface area contributed by atoms with Gasteiger partial charge in [0, 0.05) is 19.8 Å². The van der Waals surface area contributed by atoms with Gasteiger partial charge in [0.25, 0.3) is 0 Å². The molecule has 0 radical (unpaired) electrons. The van der Waals surface area contributed by atoms with Gasteiger partial charge >= 0.3 is 5.69 Å². The fourth-order valence-electron chi connectivity index (χ4n) is 2.20. The molecule has 1 aromatic heterocycles. The summed E-state index contributed by atoms with van der Waals surface area (Å²) in [6.07, 6.45) is 5.11. The molecule has 0 fully saturated rings. The standard InChI is InChI=1S/C13H17N5O4S/c1-17-9-10(8-16-17)4-3-7-15-11-5-2-6-12(23(14,21)22)13(11)18(19)20/h2,5-6,8-9,15H,3-4,7H2,1H3,(H2,14,21,22). The molecule has 0 bridgehead atoms. The molecule has 0 saturated carbocycles. The molecule has 0 unspecified atom stereocenters. The molecular formula is C13H17N5O4S. The number of hydrogen-bond acceptors (Lipinski definition) is 6. The summed E-state index contributed by atoms with van der Waals surface area (Å²) in [6.45, 7) is 0.448. The summed E-state index contributed by atoms with van der Waals surface area (Å²) in [6, 6.07) is 3.99. The minimum atomic E-state index is -4.16. The number of nitrogens with two attached hydrogens (primary N) is 1. The molecule has 0 aliphatic rings. The highest BCUT2D eigenvalue weighted by atomic mass is 32.2. The Labute approximate surface area is 133 Å². The van der Waals surface area contributed by atoms with Gasteiger partial charge in [0.1, 0.15) is 5.69 Å². The zero-order valence-electron chi connectivity index (χ0n) is 12.5. The van der Waals surface area contributed by atoms with E-state index >= 15 is 0 Å². The van der Waals surface area contributed by atoms with E-state index in [1.807, 2.05) is 13.2 Å². The Morgan fingerprint density at radius 2 is 2.17 bits per heavy atom. The van der Waals surface area contributed by atoms with Crippen LogP contribution in [-0.2, 0) is 23.5 Å². The monoisotopic (exact) mass is 339 g/mol. The van der Waals surface area contributed by atoms with Crippen molar-refractivity contribution in [2.24, 2.45) is 12.2 Å². The van der Waals surface area contributed by atoms with Crippen LogP contribution in [-0.4, -0.2) is 29.7 Å². The Balaban J connectivity index is 2.09. The first-order chi connectivity index (χ1) is 10.8. The number of aryl methyl sites for hydroxylation is 2. The second kappa shape index (κ2) is 6.75. The highest BCUT2D eigenvalue weighted by molar-refractivity contribution is 7.89. The maximum atomic E-state index is 11.5. The molecule has 10 heteroatoms. The van der Waals surface area contributed by atoms with Crippen LogP contribution < -0.4 is 10.5 Å². The number of nitrogens with one attached hydrogen (secondary N) is 1. The van der Waals surface area contributed by atoms with Crippen molar-refractivity contribution in [3.05, 3.63) is 46.3 Å². The van der Waals surface area contributed by atoms with E-state index in [0.717, 1.165) is 18.1 Å². The van der Waals surface area contributed by atoms with Gasteiger partial charge in [-0.2, -0.15) is 5.10 Å². The van der Waals surface area contributed by atoms with Crippen LogP contribution in [0.3, 0.4) is 0 Å². The van der Waals surface area contributed by atoms with Crippen molar-refractivity contribution in [1.29, 1.82) is 0 Å². The quantitative estimate of drug-likeness (QED) is 0.439. The van der Waals surface area contributed by atoms with E-state index in [0.29, 0.717) is 13.0 Å². The lowest BCUT2D eigenvalue weighted by atomic mass is 10.2. The Hall–Kier alpha value is -2.46. The second-order valence-electron chi connectivity index (χ2n) is 5.01. The van der Waals surface area contributed by atoms with Crippen molar-refractivity contribution in [3.8, 4) is 0 Å². The zero-order chi connectivity index (χ0) is 17.0. The number of hydrogen-bond donors (Lipinski definition) is 2. The first-order valence-corrected chi connectivity index (χ1v) is 8.35. The van der Waals surface area contributed by atoms with Crippen LogP contribution in [0.15, 0.2) is 35.5 Å². The molecule has 0 amide bonds. The summed E-state index contributed by atoms with van der Waals surface area (Å²) in [7, 11) is -2.34. The first-order valence-electron chi connectivity index (χ1n) is 6.80. The van der Waals surface area contributed by atoms with Crippen molar-refractivity contribution in [2.75, 3.05) is 11.9 Å². The summed E-state index contributed by atoms with van der Waals surface area (Å²) in [5.74, 6) is 0. The van der Waals surface area contributed by atoms with Gasteiger partial charge in [-0.1, -0.05) is 6.07 Å². The van der Waals surface area contributed by atoms with Gasteiger partial charge in [-0.15, -0.1) is 0 Å². The summed E-state index contributed by atoms with van der Waals surface area (Å²) in [4.78, 5) is 9.93. The predicted octanol–water partition coefficient (Wildman–Crippen LogP) is 1.02. The first kappa shape index (κ1) is 16.9. The fourth-order valence-corrected chi connectivity index (χ4v) is 2.92. The molecule has 23 heavy (non-hydrogen) atoms. The minimum absolute atomic E-state index is 0.132. The number of rotatable bonds is 7. The Morgan fingerprint density at radius 1 is 1.43 bits per heavy atom. The van der Waals surface area contributed by atoms with Crippen LogP contribution in [0.1, 0.15) is 12.0 Å². The molecule has 2 aromatic rings. The zero-order valence-corrected chi connectivity index (χ0v) is 13.3. The van der Waals surface area contributed by atoms with Gasteiger partial charge in [0.2, 0.25) is 10.0 Å². The molecule has 0 aliphatic heterocycles. The molecule has 0 aliphatic carbocycles. The fraction of sp³-hybridized carbons (Fsp3) is 0.308. The van der Waals surface area contributed by atoms with Crippen molar-refractivity contribution >= 4 is 21.4 Å². The third-order valence-electron chi connectivity index (χ3n) is 3.20. The largest absolute Gasteiger partial charge is 0.379 e. The van der Waals surface area contributed by atoms with Gasteiger partial charge in [-0.25, -0.2) is 13.6 Å². The number of sulfonamides is 1. The number of aromatic nitrogens is 2. The summed E-state index contributed by atoms with van der Waals surface area (Å²) < 4.78 is 24.6. The number of nitro benzene ring substituents is 1. The van der Waals surface area contributed by atoms with Crippen LogP contribution in [0.2, 0.25) is 0 Å². The summed E-state index contributed by atoms with van der Waals surface area (Å²) >= 11 is 0. The minimum Gasteiger partial charge on any atom is -0.379 e. The normalized spacial score (nSPS) is 11.4. The van der Waals surface area contributed by atoms with Gasteiger partial charge in [0.15, 0.2) is 4.90 Å². The van der Waals surface area contributed by atoms with Crippen LogP contribution in [0.5, 0.6) is 0 Å². The average molecular weight is 339 g/mol. The third kappa shape index (κ3) is 4.27. The predicted molar refractivity (Wildman–Crippen MR) is 84.5 cm³/mol. The molecule has 9 nitrogen and oxygen atoms in total. The molecule has 0 spiro atoms. The number of anilines is 1. The smallest absolute Gasteiger partial charge is 0.312 e. The van der Waals surface area contributed by atoms with E-state index in [9.17, 15) is 18.5 Å². The van der Waals surface area contributed by atoms with Crippen molar-refractivity contribution < 1.29 is 13.3 Å². The number of primary sulfonamides is 1. The summed E-state index contributed by atoms with van der Waals surface area (Å²) in [5.41, 5.74) is 0.658. The number of benzene rings is 1. The molecular weight excluding hydrogens is 322 g/mol. The van der Waals surface area contributed by atoms with Crippen LogP contribution in [0.25, 0.3) is 0 Å². The molecule has 0 saturated heterocycles. The van der Waals surface area contributed by atoms with E-state index in [-0.39, 0.29) is 5.69 Å². The highest BCUT2D eigenvalue weighted by Gasteiger charge is 2.26. The van der Waals surface area contributed by atoms with Crippen LogP contribution >= 0.6 is 0 Å². The Bertz CT molecular complexity index is 816. The highest BCUT2D eigenvalue weighted by Crippen LogP contribution is 2.31. The molecule has 0 atom stereocenters. The third-order valence-corrected chi connectivity index (χ3v) is 4.15. The SMILES string of the molecule is Cn1cc(CCCNc2cccc(S(N)(=O)=O)c2[N+](=O)[O-])cn1. The van der Waals surface area contributed by atoms with E-state index < -0.39 is 25.5 Å². The molecule has 1 aromatic carbocycles. The maximum absolute atomic E-state index is 11.5. The van der Waals surface area contributed by atoms with Gasteiger partial charge < -0.3 is 5.32 Å². The van der Waals surface area contributed by atoms with Crippen molar-refractivity contribution in [2.45, 2.75) is 17.7 Å². The number of para-hydroxylation sites is 1. The second-order valence-corrected chi connectivity index (χ2v) is 6.54. The van der Waals surface area contributed by atoms with Gasteiger partial charge in [0.05, 0.1) is 11.1 Å². The van der Waals surface area contributed by atoms with Crippen molar-refractivity contribution in [3.63, 3.8) is 0 Å². The van der Waals surface area contributed by atoms with E-state index in [1.165, 1.54) is 12.1 Å². The van der Waals surface area contributed by atoms with Crippen LogP contribution in [0, 0.1) is 10.1 Å². The lowest BCUT2D eigenvalue weighted by Crippen LogP contribution is -2.15. The average Bonchev–Trinajstić information content (AvgIpc) is 2.87. The van der Waals surface area contributed by atoms with Gasteiger partial charge in [-0.05, 0) is 30.5 Å². The molecule has 2 rings (SSSR count). The lowest BCUT2D eigenvalue weighted by molar-refractivity contribution is -0.386. The topological polar surface area (TPSA) is 133 Å². The number of nitro groups is 1. The maximum Gasteiger partial charge on any atom is 0.312 e. The lowest BCUT2D eigenvalue weighted by Gasteiger charge is -2.09. The molecule has 3 N–H and O–H groups in total. The van der Waals surface area contributed by atoms with Crippen molar-refractivity contribution in [1.82, 2.24) is 9.78 Å². The van der Waals surface area contributed by atoms with Gasteiger partial charge in [-0.3, -0.25) is 14.8 Å².